The largest absolute Gasteiger partial charge is 0.496 e. The van der Waals surface area contributed by atoms with Crippen LogP contribution in [0.1, 0.15) is 5.56 Å². The van der Waals surface area contributed by atoms with Crippen LogP contribution in [0.4, 0.5) is 0 Å². The molecule has 150 valence electrons. The summed E-state index contributed by atoms with van der Waals surface area (Å²) in [4.78, 5) is 5.12. The summed E-state index contributed by atoms with van der Waals surface area (Å²) in [6.07, 6.45) is 2.06. The average molecular weight is 397 g/mol. The topological polar surface area (TPSA) is 35.2 Å². The van der Waals surface area contributed by atoms with Crippen LogP contribution in [0.2, 0.25) is 0 Å². The Morgan fingerprint density at radius 3 is 2.17 bits per heavy atom. The first-order chi connectivity index (χ1) is 14.6. The predicted molar refractivity (Wildman–Crippen MR) is 120 cm³/mol. The number of hydrogen-bond acceptors (Lipinski definition) is 3. The molecule has 4 aromatic rings. The minimum atomic E-state index is 0.781. The second-order valence-electron chi connectivity index (χ2n) is 7.15. The molecule has 0 unspecified atom stereocenters. The fourth-order valence-electron chi connectivity index (χ4n) is 3.80. The van der Waals surface area contributed by atoms with Crippen LogP contribution in [-0.2, 0) is 7.05 Å². The summed E-state index contributed by atoms with van der Waals surface area (Å²) in [5, 5.41) is 0. The zero-order valence-electron chi connectivity index (χ0n) is 17.7. The molecule has 4 heteroatoms. The molecular weight excluding hydrogens is 372 g/mol. The van der Waals surface area contributed by atoms with E-state index in [-0.39, 0.29) is 0 Å². The van der Waals surface area contributed by atoms with Gasteiger partial charge in [-0.25, -0.2) is 4.98 Å². The monoisotopic (exact) mass is 397 g/mol. The number of nitrogens with zero attached hydrogens (tertiary/aromatic N) is 2. The summed E-state index contributed by atoms with van der Waals surface area (Å²) in [6, 6.07) is 24.3. The fourth-order valence-corrected chi connectivity index (χ4v) is 3.80. The van der Waals surface area contributed by atoms with Crippen molar-refractivity contribution >= 4 is 0 Å². The second-order valence-corrected chi connectivity index (χ2v) is 7.15. The van der Waals surface area contributed by atoms with Crippen LogP contribution in [0, 0.1) is 6.92 Å². The number of hydrogen-bond donors (Lipinski definition) is 0. The molecule has 0 bridgehead atoms. The van der Waals surface area contributed by atoms with Crippen molar-refractivity contribution in [2.24, 2.45) is 7.05 Å². The van der Waals surface area contributed by atoms with Gasteiger partial charge in [-0.3, -0.25) is 0 Å². The van der Waals surface area contributed by atoms with Gasteiger partial charge in [-0.1, -0.05) is 54.6 Å². The quantitative estimate of drug-likeness (QED) is 0.433. The highest BCUT2D eigenvalue weighted by Crippen LogP contribution is 2.39. The van der Waals surface area contributed by atoms with Crippen molar-refractivity contribution in [3.05, 3.63) is 84.6 Å². The molecule has 1 heterocycles. The highest BCUT2D eigenvalue weighted by atomic mass is 16.5. The first-order valence-corrected chi connectivity index (χ1v) is 9.87. The molecule has 0 amide bonds. The summed E-state index contributed by atoms with van der Waals surface area (Å²) in [5.41, 5.74) is 6.88. The number of benzene rings is 3. The number of aryl methyl sites for hydroxylation is 2. The third-order valence-corrected chi connectivity index (χ3v) is 5.25. The zero-order valence-corrected chi connectivity index (χ0v) is 17.7. The maximum absolute atomic E-state index is 5.73. The van der Waals surface area contributed by atoms with Crippen molar-refractivity contribution in [2.75, 3.05) is 14.2 Å². The summed E-state index contributed by atoms with van der Waals surface area (Å²) in [6.45, 7) is 2.09. The Bertz CT molecular complexity index is 1190. The van der Waals surface area contributed by atoms with Gasteiger partial charge in [0.1, 0.15) is 29.9 Å². The minimum absolute atomic E-state index is 0.781. The Morgan fingerprint density at radius 2 is 1.43 bits per heavy atom. The Morgan fingerprint density at radius 1 is 0.767 bits per heavy atom. The third kappa shape index (κ3) is 3.52. The molecule has 1 aromatic heterocycles. The lowest BCUT2D eigenvalue weighted by atomic mass is 9.97. The van der Waals surface area contributed by atoms with Gasteiger partial charge >= 0.3 is 0 Å². The number of para-hydroxylation sites is 1. The summed E-state index contributed by atoms with van der Waals surface area (Å²) in [5.74, 6) is 1.60. The lowest BCUT2D eigenvalue weighted by Crippen LogP contribution is -2.33. The maximum atomic E-state index is 5.73. The van der Waals surface area contributed by atoms with Crippen LogP contribution < -0.4 is 14.0 Å². The SMILES string of the molecule is COc1ccccc1-c1nc(-c2ccccc2)c[n+](C)c1-c1c(C)cccc1OC. The van der Waals surface area contributed by atoms with Crippen molar-refractivity contribution in [2.45, 2.75) is 6.92 Å². The van der Waals surface area contributed by atoms with E-state index in [1.165, 1.54) is 0 Å². The lowest BCUT2D eigenvalue weighted by molar-refractivity contribution is -0.659. The van der Waals surface area contributed by atoms with E-state index in [9.17, 15) is 0 Å². The van der Waals surface area contributed by atoms with Crippen LogP contribution in [0.5, 0.6) is 11.5 Å². The highest BCUT2D eigenvalue weighted by molar-refractivity contribution is 5.84. The first-order valence-electron chi connectivity index (χ1n) is 9.87. The Hall–Kier alpha value is -3.66. The molecule has 0 N–H and O–H groups in total. The molecular formula is C26H25N2O2+. The number of methoxy groups -OCH3 is 2. The maximum Gasteiger partial charge on any atom is 0.243 e. The molecule has 0 aliphatic heterocycles. The van der Waals surface area contributed by atoms with Crippen LogP contribution >= 0.6 is 0 Å². The van der Waals surface area contributed by atoms with E-state index in [0.29, 0.717) is 0 Å². The fraction of sp³-hybridized carbons (Fsp3) is 0.154. The van der Waals surface area contributed by atoms with Gasteiger partial charge in [-0.15, -0.1) is 0 Å². The van der Waals surface area contributed by atoms with E-state index in [0.717, 1.165) is 50.8 Å². The van der Waals surface area contributed by atoms with Gasteiger partial charge in [0.15, 0.2) is 6.20 Å². The molecule has 0 radical (unpaired) electrons. The van der Waals surface area contributed by atoms with Gasteiger partial charge in [0, 0.05) is 11.1 Å². The Kier molecular flexibility index (Phi) is 5.48. The van der Waals surface area contributed by atoms with E-state index < -0.39 is 0 Å². The molecule has 0 saturated carbocycles. The zero-order chi connectivity index (χ0) is 21.1. The summed E-state index contributed by atoms with van der Waals surface area (Å²) >= 11 is 0. The second kappa shape index (κ2) is 8.37. The van der Waals surface area contributed by atoms with E-state index in [1.807, 2.05) is 61.6 Å². The van der Waals surface area contributed by atoms with Gasteiger partial charge in [0.05, 0.1) is 19.8 Å². The van der Waals surface area contributed by atoms with Gasteiger partial charge < -0.3 is 9.47 Å². The summed E-state index contributed by atoms with van der Waals surface area (Å²) < 4.78 is 13.5. The smallest absolute Gasteiger partial charge is 0.243 e. The van der Waals surface area contributed by atoms with Crippen molar-refractivity contribution in [1.82, 2.24) is 4.98 Å². The molecule has 0 spiro atoms. The van der Waals surface area contributed by atoms with Crippen molar-refractivity contribution in [1.29, 1.82) is 0 Å². The van der Waals surface area contributed by atoms with Crippen molar-refractivity contribution < 1.29 is 14.0 Å². The van der Waals surface area contributed by atoms with Gasteiger partial charge in [-0.2, -0.15) is 4.57 Å². The number of aromatic nitrogens is 2. The van der Waals surface area contributed by atoms with Crippen molar-refractivity contribution in [3.8, 4) is 45.3 Å². The Labute approximate surface area is 177 Å². The summed E-state index contributed by atoms with van der Waals surface area (Å²) in [7, 11) is 5.44. The molecule has 0 aliphatic rings. The van der Waals surface area contributed by atoms with Crippen LogP contribution in [-0.4, -0.2) is 19.2 Å². The highest BCUT2D eigenvalue weighted by Gasteiger charge is 2.27. The van der Waals surface area contributed by atoms with Crippen molar-refractivity contribution in [3.63, 3.8) is 0 Å². The van der Waals surface area contributed by atoms with E-state index in [1.54, 1.807) is 14.2 Å². The number of ether oxygens (including phenoxy) is 2. The molecule has 4 nitrogen and oxygen atoms in total. The average Bonchev–Trinajstić information content (AvgIpc) is 2.79. The Balaban J connectivity index is 2.09. The number of rotatable bonds is 5. The molecule has 0 fully saturated rings. The van der Waals surface area contributed by atoms with Crippen LogP contribution in [0.25, 0.3) is 33.8 Å². The molecule has 4 rings (SSSR count). The molecule has 0 aliphatic carbocycles. The van der Waals surface area contributed by atoms with E-state index in [4.69, 9.17) is 14.5 Å². The normalized spacial score (nSPS) is 10.7. The molecule has 3 aromatic carbocycles. The third-order valence-electron chi connectivity index (χ3n) is 5.25. The first kappa shape index (κ1) is 19.6. The van der Waals surface area contributed by atoms with E-state index in [2.05, 4.69) is 35.9 Å². The van der Waals surface area contributed by atoms with Gasteiger partial charge in [0.25, 0.3) is 0 Å². The van der Waals surface area contributed by atoms with Crippen LogP contribution in [0.15, 0.2) is 79.0 Å². The lowest BCUT2D eigenvalue weighted by Gasteiger charge is -2.15. The molecule has 30 heavy (non-hydrogen) atoms. The van der Waals surface area contributed by atoms with E-state index >= 15 is 0 Å². The molecule has 0 saturated heterocycles. The minimum Gasteiger partial charge on any atom is -0.496 e. The molecule has 0 atom stereocenters. The van der Waals surface area contributed by atoms with Crippen LogP contribution in [0.3, 0.4) is 0 Å². The van der Waals surface area contributed by atoms with Gasteiger partial charge in [0.2, 0.25) is 5.69 Å². The van der Waals surface area contributed by atoms with Gasteiger partial charge in [-0.05, 0) is 30.7 Å². The standard InChI is InChI=1S/C26H25N2O2/c1-18-11-10-16-23(30-4)24(18)26-25(20-14-8-9-15-22(20)29-3)27-21(17-28(26)2)19-12-6-5-7-13-19/h5-17H,1-4H3/q+1. The predicted octanol–water partition coefficient (Wildman–Crippen LogP) is 5.23.